The van der Waals surface area contributed by atoms with Crippen LogP contribution in [0.25, 0.3) is 0 Å². The molecule has 1 aliphatic heterocycles. The van der Waals surface area contributed by atoms with Crippen LogP contribution in [-0.4, -0.2) is 42.5 Å². The number of amides is 2. The Balaban J connectivity index is 1.44. The number of hydrogen-bond acceptors (Lipinski definition) is 4. The zero-order chi connectivity index (χ0) is 20.6. The van der Waals surface area contributed by atoms with E-state index >= 15 is 0 Å². The van der Waals surface area contributed by atoms with Crippen LogP contribution in [0.15, 0.2) is 48.5 Å². The normalized spacial score (nSPS) is 14.7. The Morgan fingerprint density at radius 1 is 1.14 bits per heavy atom. The fourth-order valence-corrected chi connectivity index (χ4v) is 3.70. The maximum absolute atomic E-state index is 12.2. The molecular formula is C23H29N3O3. The van der Waals surface area contributed by atoms with Gasteiger partial charge in [-0.2, -0.15) is 0 Å². The second-order valence-corrected chi connectivity index (χ2v) is 7.43. The number of nitrogens with two attached hydrogens (primary N) is 1. The third-order valence-electron chi connectivity index (χ3n) is 5.35. The van der Waals surface area contributed by atoms with Crippen LogP contribution >= 0.6 is 0 Å². The van der Waals surface area contributed by atoms with Crippen LogP contribution in [0.2, 0.25) is 0 Å². The van der Waals surface area contributed by atoms with E-state index in [1.807, 2.05) is 0 Å². The molecule has 29 heavy (non-hydrogen) atoms. The number of fused-ring (bicyclic) bond motifs is 1. The van der Waals surface area contributed by atoms with Crippen LogP contribution in [0.4, 0.5) is 0 Å². The molecule has 3 N–H and O–H groups in total. The number of primary amides is 1. The van der Waals surface area contributed by atoms with Crippen molar-refractivity contribution in [1.29, 1.82) is 0 Å². The lowest BCUT2D eigenvalue weighted by atomic mass is 9.98. The Kier molecular flexibility index (Phi) is 7.25. The smallest absolute Gasteiger partial charge is 0.257 e. The van der Waals surface area contributed by atoms with E-state index in [0.717, 1.165) is 31.5 Å². The molecule has 1 atom stereocenters. The van der Waals surface area contributed by atoms with Gasteiger partial charge < -0.3 is 15.8 Å². The van der Waals surface area contributed by atoms with E-state index in [2.05, 4.69) is 41.4 Å². The minimum absolute atomic E-state index is 0.0333. The zero-order valence-corrected chi connectivity index (χ0v) is 16.9. The summed E-state index contributed by atoms with van der Waals surface area (Å²) in [7, 11) is 0. The van der Waals surface area contributed by atoms with E-state index in [9.17, 15) is 9.59 Å². The van der Waals surface area contributed by atoms with Crippen molar-refractivity contribution in [2.24, 2.45) is 5.73 Å². The summed E-state index contributed by atoms with van der Waals surface area (Å²) in [6.45, 7) is 4.67. The molecule has 154 valence electrons. The van der Waals surface area contributed by atoms with Gasteiger partial charge >= 0.3 is 0 Å². The molecule has 6 nitrogen and oxygen atoms in total. The quantitative estimate of drug-likeness (QED) is 0.681. The summed E-state index contributed by atoms with van der Waals surface area (Å²) in [5.41, 5.74) is 8.81. The lowest BCUT2D eigenvalue weighted by Crippen LogP contribution is -2.46. The molecule has 1 unspecified atom stereocenters. The first-order chi connectivity index (χ1) is 14.0. The van der Waals surface area contributed by atoms with E-state index in [4.69, 9.17) is 10.5 Å². The fraction of sp³-hybridized carbons (Fsp3) is 0.391. The molecule has 0 radical (unpaired) electrons. The molecule has 0 bridgehead atoms. The Bertz CT molecular complexity index is 836. The molecule has 0 saturated carbocycles. The van der Waals surface area contributed by atoms with Gasteiger partial charge in [0.25, 0.3) is 5.91 Å². The molecular weight excluding hydrogens is 366 g/mol. The number of nitrogens with one attached hydrogen (secondary N) is 1. The van der Waals surface area contributed by atoms with Crippen LogP contribution in [0.5, 0.6) is 5.75 Å². The van der Waals surface area contributed by atoms with Gasteiger partial charge in [-0.1, -0.05) is 43.3 Å². The maximum atomic E-state index is 12.2. The minimum atomic E-state index is -0.374. The second kappa shape index (κ2) is 10.1. The monoisotopic (exact) mass is 395 g/mol. The van der Waals surface area contributed by atoms with Gasteiger partial charge in [0, 0.05) is 25.7 Å². The molecule has 2 amide bonds. The minimum Gasteiger partial charge on any atom is -0.484 e. The van der Waals surface area contributed by atoms with Crippen LogP contribution in [0.1, 0.15) is 30.0 Å². The van der Waals surface area contributed by atoms with Crippen LogP contribution < -0.4 is 15.8 Å². The highest BCUT2D eigenvalue weighted by molar-refractivity contribution is 5.77. The number of carbonyl (C=O) groups excluding carboxylic acids is 2. The predicted molar refractivity (Wildman–Crippen MR) is 112 cm³/mol. The number of hydrogen-bond donors (Lipinski definition) is 2. The van der Waals surface area contributed by atoms with Gasteiger partial charge in [0.2, 0.25) is 5.91 Å². The van der Waals surface area contributed by atoms with Crippen molar-refractivity contribution in [3.8, 4) is 5.75 Å². The first kappa shape index (κ1) is 20.9. The SMILES string of the molecule is CCC(CNC(=O)COc1ccc(CC(N)=O)cc1)N1CCc2ccccc2C1. The number of rotatable bonds is 9. The molecule has 0 aromatic heterocycles. The number of carbonyl (C=O) groups is 2. The molecule has 0 aliphatic carbocycles. The molecule has 0 saturated heterocycles. The van der Waals surface area contributed by atoms with Gasteiger partial charge in [0.05, 0.1) is 6.42 Å². The number of benzene rings is 2. The average Bonchev–Trinajstić information content (AvgIpc) is 2.73. The Hall–Kier alpha value is -2.86. The highest BCUT2D eigenvalue weighted by atomic mass is 16.5. The number of nitrogens with zero attached hydrogens (tertiary/aromatic N) is 1. The third kappa shape index (κ3) is 6.06. The van der Waals surface area contributed by atoms with Crippen LogP contribution in [0.3, 0.4) is 0 Å². The number of ether oxygens (including phenoxy) is 1. The third-order valence-corrected chi connectivity index (χ3v) is 5.35. The Morgan fingerprint density at radius 3 is 2.55 bits per heavy atom. The standard InChI is InChI=1S/C23H29N3O3/c1-2-20(26-12-11-18-5-3-4-6-19(18)15-26)14-25-23(28)16-29-21-9-7-17(8-10-21)13-22(24)27/h3-10,20H,2,11-16H2,1H3,(H2,24,27)(H,25,28). The van der Waals surface area contributed by atoms with Crippen molar-refractivity contribution in [3.63, 3.8) is 0 Å². The van der Waals surface area contributed by atoms with E-state index in [-0.39, 0.29) is 24.8 Å². The molecule has 6 heteroatoms. The molecule has 0 spiro atoms. The summed E-state index contributed by atoms with van der Waals surface area (Å²) in [5.74, 6) is 0.0795. The maximum Gasteiger partial charge on any atom is 0.257 e. The van der Waals surface area contributed by atoms with E-state index < -0.39 is 0 Å². The van der Waals surface area contributed by atoms with Crippen molar-refractivity contribution < 1.29 is 14.3 Å². The molecule has 2 aromatic carbocycles. The van der Waals surface area contributed by atoms with E-state index in [1.165, 1.54) is 11.1 Å². The van der Waals surface area contributed by atoms with Gasteiger partial charge in [0.1, 0.15) is 5.75 Å². The molecule has 3 rings (SSSR count). The summed E-state index contributed by atoms with van der Waals surface area (Å²) in [6, 6.07) is 15.9. The van der Waals surface area contributed by atoms with Crippen molar-refractivity contribution >= 4 is 11.8 Å². The summed E-state index contributed by atoms with van der Waals surface area (Å²) in [5, 5.41) is 3.00. The zero-order valence-electron chi connectivity index (χ0n) is 16.9. The average molecular weight is 396 g/mol. The summed E-state index contributed by atoms with van der Waals surface area (Å²) in [4.78, 5) is 25.6. The Labute approximate surface area is 172 Å². The summed E-state index contributed by atoms with van der Waals surface area (Å²) in [6.07, 6.45) is 2.22. The highest BCUT2D eigenvalue weighted by Gasteiger charge is 2.22. The Morgan fingerprint density at radius 2 is 1.86 bits per heavy atom. The second-order valence-electron chi connectivity index (χ2n) is 7.43. The highest BCUT2D eigenvalue weighted by Crippen LogP contribution is 2.21. The molecule has 1 heterocycles. The summed E-state index contributed by atoms with van der Waals surface area (Å²) < 4.78 is 5.54. The van der Waals surface area contributed by atoms with Crippen molar-refractivity contribution in [2.45, 2.75) is 38.8 Å². The van der Waals surface area contributed by atoms with E-state index in [0.29, 0.717) is 18.3 Å². The van der Waals surface area contributed by atoms with Crippen molar-refractivity contribution in [3.05, 3.63) is 65.2 Å². The largest absolute Gasteiger partial charge is 0.484 e. The van der Waals surface area contributed by atoms with E-state index in [1.54, 1.807) is 24.3 Å². The van der Waals surface area contributed by atoms with Gasteiger partial charge in [0.15, 0.2) is 6.61 Å². The van der Waals surface area contributed by atoms with Gasteiger partial charge in [-0.05, 0) is 41.7 Å². The van der Waals surface area contributed by atoms with Gasteiger partial charge in [-0.15, -0.1) is 0 Å². The molecule has 2 aromatic rings. The lowest BCUT2D eigenvalue weighted by molar-refractivity contribution is -0.123. The first-order valence-electron chi connectivity index (χ1n) is 10.1. The van der Waals surface area contributed by atoms with Gasteiger partial charge in [-0.3, -0.25) is 14.5 Å². The van der Waals surface area contributed by atoms with Crippen LogP contribution in [0, 0.1) is 0 Å². The molecule has 1 aliphatic rings. The predicted octanol–water partition coefficient (Wildman–Crippen LogP) is 2.05. The topological polar surface area (TPSA) is 84.7 Å². The lowest BCUT2D eigenvalue weighted by Gasteiger charge is -2.35. The summed E-state index contributed by atoms with van der Waals surface area (Å²) >= 11 is 0. The first-order valence-corrected chi connectivity index (χ1v) is 10.1. The van der Waals surface area contributed by atoms with Crippen molar-refractivity contribution in [2.75, 3.05) is 19.7 Å². The van der Waals surface area contributed by atoms with Crippen LogP contribution in [-0.2, 0) is 29.0 Å². The molecule has 0 fully saturated rings. The van der Waals surface area contributed by atoms with Gasteiger partial charge in [-0.25, -0.2) is 0 Å². The fourth-order valence-electron chi connectivity index (χ4n) is 3.70. The van der Waals surface area contributed by atoms with Crippen molar-refractivity contribution in [1.82, 2.24) is 10.2 Å².